The van der Waals surface area contributed by atoms with Gasteiger partial charge in [0.15, 0.2) is 0 Å². The summed E-state index contributed by atoms with van der Waals surface area (Å²) < 4.78 is 2.10. The number of para-hydroxylation sites is 1. The third kappa shape index (κ3) is 3.77. The fourth-order valence-electron chi connectivity index (χ4n) is 2.64. The van der Waals surface area contributed by atoms with Gasteiger partial charge in [0.25, 0.3) is 5.56 Å². The SMILES string of the molecule is CCn1cc(/C=N/NC(=O)CCc2n[nH]c(=O)[nH]c2=O)c2ccccc21. The predicted molar refractivity (Wildman–Crippen MR) is 97.1 cm³/mol. The molecule has 26 heavy (non-hydrogen) atoms. The Labute approximate surface area is 147 Å². The van der Waals surface area contributed by atoms with Crippen molar-refractivity contribution in [2.75, 3.05) is 0 Å². The first-order valence-electron chi connectivity index (χ1n) is 8.16. The molecular weight excluding hydrogens is 336 g/mol. The number of hydrogen-bond donors (Lipinski definition) is 3. The van der Waals surface area contributed by atoms with E-state index >= 15 is 0 Å². The molecule has 9 heteroatoms. The minimum atomic E-state index is -0.681. The van der Waals surface area contributed by atoms with Crippen LogP contribution in [-0.2, 0) is 17.8 Å². The maximum atomic E-state index is 11.9. The zero-order chi connectivity index (χ0) is 18.5. The maximum absolute atomic E-state index is 11.9. The molecule has 0 aliphatic carbocycles. The van der Waals surface area contributed by atoms with E-state index in [4.69, 9.17) is 0 Å². The minimum absolute atomic E-state index is 0.0240. The van der Waals surface area contributed by atoms with Crippen molar-refractivity contribution < 1.29 is 4.79 Å². The molecule has 2 aromatic heterocycles. The Hall–Kier alpha value is -3.49. The van der Waals surface area contributed by atoms with E-state index in [1.807, 2.05) is 30.5 Å². The van der Waals surface area contributed by atoms with Gasteiger partial charge in [0.2, 0.25) is 5.91 Å². The number of benzene rings is 1. The summed E-state index contributed by atoms with van der Waals surface area (Å²) in [6.45, 7) is 2.89. The molecule has 0 saturated carbocycles. The molecule has 0 fully saturated rings. The molecule has 0 radical (unpaired) electrons. The molecule has 1 aromatic carbocycles. The van der Waals surface area contributed by atoms with E-state index in [9.17, 15) is 14.4 Å². The highest BCUT2D eigenvalue weighted by molar-refractivity contribution is 5.99. The first kappa shape index (κ1) is 17.3. The van der Waals surface area contributed by atoms with E-state index in [0.717, 1.165) is 23.0 Å². The average molecular weight is 354 g/mol. The molecule has 1 amide bonds. The number of hydrazone groups is 1. The van der Waals surface area contributed by atoms with Gasteiger partial charge in [-0.2, -0.15) is 10.2 Å². The van der Waals surface area contributed by atoms with E-state index in [1.165, 1.54) is 0 Å². The van der Waals surface area contributed by atoms with Crippen molar-refractivity contribution >= 4 is 23.0 Å². The van der Waals surface area contributed by atoms with Crippen molar-refractivity contribution in [2.45, 2.75) is 26.3 Å². The Balaban J connectivity index is 1.62. The molecule has 0 aliphatic heterocycles. The van der Waals surface area contributed by atoms with Crippen molar-refractivity contribution in [1.29, 1.82) is 0 Å². The van der Waals surface area contributed by atoms with E-state index < -0.39 is 11.2 Å². The van der Waals surface area contributed by atoms with Crippen LogP contribution in [0, 0.1) is 0 Å². The van der Waals surface area contributed by atoms with E-state index in [0.29, 0.717) is 0 Å². The first-order chi connectivity index (χ1) is 12.6. The number of amides is 1. The highest BCUT2D eigenvalue weighted by Gasteiger charge is 2.07. The third-order valence-corrected chi connectivity index (χ3v) is 3.92. The van der Waals surface area contributed by atoms with Gasteiger partial charge >= 0.3 is 5.69 Å². The van der Waals surface area contributed by atoms with Crippen molar-refractivity contribution in [3.63, 3.8) is 0 Å². The molecule has 134 valence electrons. The molecule has 0 saturated heterocycles. The second-order valence-electron chi connectivity index (χ2n) is 5.63. The second kappa shape index (κ2) is 7.60. The Bertz CT molecular complexity index is 1080. The van der Waals surface area contributed by atoms with Crippen LogP contribution in [0.2, 0.25) is 0 Å². The summed E-state index contributed by atoms with van der Waals surface area (Å²) in [5.41, 5.74) is 3.25. The number of carbonyl (C=O) groups excluding carboxylic acids is 1. The number of carbonyl (C=O) groups is 1. The number of aromatic amines is 2. The van der Waals surface area contributed by atoms with Gasteiger partial charge in [0, 0.05) is 42.0 Å². The van der Waals surface area contributed by atoms with Crippen molar-refractivity contribution in [1.82, 2.24) is 25.2 Å². The number of hydrogen-bond acceptors (Lipinski definition) is 5. The Morgan fingerprint density at radius 2 is 2.15 bits per heavy atom. The molecule has 0 aliphatic rings. The molecule has 0 bridgehead atoms. The minimum Gasteiger partial charge on any atom is -0.347 e. The molecule has 0 atom stereocenters. The fraction of sp³-hybridized carbons (Fsp3) is 0.235. The van der Waals surface area contributed by atoms with Crippen molar-refractivity contribution in [3.05, 3.63) is 62.6 Å². The normalized spacial score (nSPS) is 11.3. The van der Waals surface area contributed by atoms with E-state index in [2.05, 4.69) is 37.2 Å². The van der Waals surface area contributed by atoms with Crippen LogP contribution < -0.4 is 16.7 Å². The standard InChI is InChI=1S/C17H18N6O3/c1-2-23-10-11(12-5-3-4-6-14(12)23)9-18-21-15(24)8-7-13-16(25)19-17(26)22-20-13/h3-6,9-10H,2,7-8H2,1H3,(H,21,24)(H2,19,22,25,26)/b18-9+. The molecule has 0 unspecified atom stereocenters. The average Bonchev–Trinajstić information content (AvgIpc) is 2.99. The number of rotatable bonds is 6. The van der Waals surface area contributed by atoms with Gasteiger partial charge < -0.3 is 4.57 Å². The highest BCUT2D eigenvalue weighted by atomic mass is 16.2. The zero-order valence-corrected chi connectivity index (χ0v) is 14.2. The first-order valence-corrected chi connectivity index (χ1v) is 8.16. The van der Waals surface area contributed by atoms with Crippen molar-refractivity contribution in [3.8, 4) is 0 Å². The molecule has 0 spiro atoms. The molecule has 3 N–H and O–H groups in total. The largest absolute Gasteiger partial charge is 0.347 e. The number of aryl methyl sites for hydroxylation is 2. The smallest absolute Gasteiger partial charge is 0.342 e. The molecule has 2 heterocycles. The quantitative estimate of drug-likeness (QED) is 0.441. The Kier molecular flexibility index (Phi) is 5.07. The summed E-state index contributed by atoms with van der Waals surface area (Å²) >= 11 is 0. The lowest BCUT2D eigenvalue weighted by molar-refractivity contribution is -0.121. The molecular formula is C17H18N6O3. The van der Waals surface area contributed by atoms with Crippen LogP contribution in [0.15, 0.2) is 45.2 Å². The summed E-state index contributed by atoms with van der Waals surface area (Å²) in [5.74, 6) is -0.354. The van der Waals surface area contributed by atoms with Crippen LogP contribution >= 0.6 is 0 Å². The van der Waals surface area contributed by atoms with Crippen LogP contribution in [0.3, 0.4) is 0 Å². The fourth-order valence-corrected chi connectivity index (χ4v) is 2.64. The van der Waals surface area contributed by atoms with Gasteiger partial charge in [-0.25, -0.2) is 15.3 Å². The Morgan fingerprint density at radius 1 is 1.35 bits per heavy atom. The highest BCUT2D eigenvalue weighted by Crippen LogP contribution is 2.19. The lowest BCUT2D eigenvalue weighted by atomic mass is 10.2. The van der Waals surface area contributed by atoms with Crippen LogP contribution in [0.4, 0.5) is 0 Å². The number of H-pyrrole nitrogens is 2. The monoisotopic (exact) mass is 354 g/mol. The number of aromatic nitrogens is 4. The molecule has 3 aromatic rings. The predicted octanol–water partition coefficient (Wildman–Crippen LogP) is 0.516. The second-order valence-corrected chi connectivity index (χ2v) is 5.63. The maximum Gasteiger partial charge on any atom is 0.342 e. The summed E-state index contributed by atoms with van der Waals surface area (Å²) in [5, 5.41) is 10.8. The van der Waals surface area contributed by atoms with Gasteiger partial charge in [-0.3, -0.25) is 14.6 Å². The topological polar surface area (TPSA) is 125 Å². The lowest BCUT2D eigenvalue weighted by Crippen LogP contribution is -2.28. The van der Waals surface area contributed by atoms with Gasteiger partial charge in [0.1, 0.15) is 5.69 Å². The molecule has 9 nitrogen and oxygen atoms in total. The van der Waals surface area contributed by atoms with Gasteiger partial charge in [-0.15, -0.1) is 0 Å². The molecule has 3 rings (SSSR count). The number of nitrogens with one attached hydrogen (secondary N) is 3. The van der Waals surface area contributed by atoms with Gasteiger partial charge in [-0.05, 0) is 13.0 Å². The summed E-state index contributed by atoms with van der Waals surface area (Å²) in [7, 11) is 0. The number of fused-ring (bicyclic) bond motifs is 1. The number of nitrogens with zero attached hydrogens (tertiary/aromatic N) is 3. The summed E-state index contributed by atoms with van der Waals surface area (Å²) in [6.07, 6.45) is 3.69. The summed E-state index contributed by atoms with van der Waals surface area (Å²) in [4.78, 5) is 36.3. The van der Waals surface area contributed by atoms with E-state index in [-0.39, 0.29) is 24.4 Å². The Morgan fingerprint density at radius 3 is 2.92 bits per heavy atom. The van der Waals surface area contributed by atoms with E-state index in [1.54, 1.807) is 6.21 Å². The lowest BCUT2D eigenvalue weighted by Gasteiger charge is -1.99. The van der Waals surface area contributed by atoms with Crippen LogP contribution in [0.5, 0.6) is 0 Å². The zero-order valence-electron chi connectivity index (χ0n) is 14.2. The summed E-state index contributed by atoms with van der Waals surface area (Å²) in [6, 6.07) is 7.96. The van der Waals surface area contributed by atoms with Crippen molar-refractivity contribution in [2.24, 2.45) is 5.10 Å². The van der Waals surface area contributed by atoms with Crippen LogP contribution in [-0.4, -0.2) is 31.9 Å². The van der Waals surface area contributed by atoms with Crippen LogP contribution in [0.25, 0.3) is 10.9 Å². The third-order valence-electron chi connectivity index (χ3n) is 3.92. The van der Waals surface area contributed by atoms with Gasteiger partial charge in [-0.1, -0.05) is 18.2 Å². The van der Waals surface area contributed by atoms with Gasteiger partial charge in [0.05, 0.1) is 6.21 Å². The van der Waals surface area contributed by atoms with Crippen LogP contribution in [0.1, 0.15) is 24.6 Å².